The summed E-state index contributed by atoms with van der Waals surface area (Å²) in [5, 5.41) is 2.05. The minimum absolute atomic E-state index is 0.157. The Morgan fingerprint density at radius 3 is 2.55 bits per heavy atom. The van der Waals surface area contributed by atoms with Gasteiger partial charge in [0.1, 0.15) is 5.69 Å². The Kier molecular flexibility index (Phi) is 5.40. The molecule has 2 aromatic heterocycles. The van der Waals surface area contributed by atoms with Crippen LogP contribution in [0.4, 0.5) is 0 Å². The van der Waals surface area contributed by atoms with Crippen molar-refractivity contribution in [2.75, 3.05) is 13.1 Å². The number of rotatable bonds is 5. The number of primary amides is 1. The second-order valence-corrected chi connectivity index (χ2v) is 8.29. The molecule has 3 aromatic rings. The molecule has 0 saturated carbocycles. The van der Waals surface area contributed by atoms with Crippen LogP contribution in [0.3, 0.4) is 0 Å². The molecule has 1 saturated heterocycles. The van der Waals surface area contributed by atoms with E-state index in [0.29, 0.717) is 38.0 Å². The van der Waals surface area contributed by atoms with Gasteiger partial charge in [-0.3, -0.25) is 14.6 Å². The van der Waals surface area contributed by atoms with Gasteiger partial charge in [-0.05, 0) is 41.8 Å². The molecule has 2 amide bonds. The molecular weight excluding hydrogens is 384 g/mol. The van der Waals surface area contributed by atoms with Crippen molar-refractivity contribution in [3.05, 3.63) is 71.6 Å². The molecule has 6 nitrogen and oxygen atoms in total. The largest absolute Gasteiger partial charge is 0.369 e. The van der Waals surface area contributed by atoms with Crippen molar-refractivity contribution in [1.29, 1.82) is 0 Å². The zero-order valence-electron chi connectivity index (χ0n) is 16.0. The third-order valence-corrected chi connectivity index (χ3v) is 6.55. The van der Waals surface area contributed by atoms with E-state index in [9.17, 15) is 9.59 Å². The first kappa shape index (κ1) is 19.3. The lowest BCUT2D eigenvalue weighted by atomic mass is 9.72. The number of aromatic nitrogens is 2. The van der Waals surface area contributed by atoms with E-state index in [-0.39, 0.29) is 11.8 Å². The van der Waals surface area contributed by atoms with E-state index in [1.54, 1.807) is 16.2 Å². The number of carbonyl (C=O) groups is 2. The van der Waals surface area contributed by atoms with Crippen molar-refractivity contribution < 1.29 is 9.59 Å². The molecule has 2 N–H and O–H groups in total. The van der Waals surface area contributed by atoms with Crippen molar-refractivity contribution in [2.24, 2.45) is 11.1 Å². The van der Waals surface area contributed by atoms with Crippen LogP contribution in [0, 0.1) is 5.41 Å². The summed E-state index contributed by atoms with van der Waals surface area (Å²) < 4.78 is 0. The molecule has 0 unspecified atom stereocenters. The lowest BCUT2D eigenvalue weighted by Crippen LogP contribution is -2.50. The van der Waals surface area contributed by atoms with E-state index in [1.807, 2.05) is 23.6 Å². The second-order valence-electron chi connectivity index (χ2n) is 7.34. The van der Waals surface area contributed by atoms with Gasteiger partial charge in [-0.2, -0.15) is 0 Å². The lowest BCUT2D eigenvalue weighted by molar-refractivity contribution is -0.130. The number of thiophene rings is 1. The molecule has 0 aliphatic carbocycles. The van der Waals surface area contributed by atoms with Gasteiger partial charge in [-0.25, -0.2) is 4.98 Å². The maximum Gasteiger partial charge on any atom is 0.274 e. The summed E-state index contributed by atoms with van der Waals surface area (Å²) in [7, 11) is 0. The van der Waals surface area contributed by atoms with E-state index in [0.717, 1.165) is 11.1 Å². The van der Waals surface area contributed by atoms with Crippen molar-refractivity contribution >= 4 is 23.2 Å². The molecule has 1 aliphatic heterocycles. The Hall–Kier alpha value is -3.06. The smallest absolute Gasteiger partial charge is 0.274 e. The third kappa shape index (κ3) is 3.91. The number of nitrogens with two attached hydrogens (primary N) is 1. The summed E-state index contributed by atoms with van der Waals surface area (Å²) in [6, 6.07) is 12.3. The summed E-state index contributed by atoms with van der Waals surface area (Å²) in [6.45, 7) is 0.943. The van der Waals surface area contributed by atoms with E-state index in [4.69, 9.17) is 5.73 Å². The van der Waals surface area contributed by atoms with Crippen LogP contribution in [-0.4, -0.2) is 39.8 Å². The molecule has 0 radical (unpaired) electrons. The van der Waals surface area contributed by atoms with Gasteiger partial charge in [0.15, 0.2) is 0 Å². The quantitative estimate of drug-likeness (QED) is 0.705. The number of piperidine rings is 1. The summed E-state index contributed by atoms with van der Waals surface area (Å²) >= 11 is 1.68. The molecule has 1 aliphatic rings. The Labute approximate surface area is 173 Å². The predicted octanol–water partition coefficient (Wildman–Crippen LogP) is 3.16. The molecule has 0 atom stereocenters. The maximum absolute atomic E-state index is 12.7. The fourth-order valence-electron chi connectivity index (χ4n) is 3.93. The van der Waals surface area contributed by atoms with E-state index in [2.05, 4.69) is 28.2 Å². The SMILES string of the molecule is NC(=O)C1(Cc2ccccc2-c2cccs2)CCN(C(=O)c2cnccn2)CC1. The van der Waals surface area contributed by atoms with E-state index < -0.39 is 5.41 Å². The van der Waals surface area contributed by atoms with Crippen LogP contribution in [0.2, 0.25) is 0 Å². The number of nitrogens with zero attached hydrogens (tertiary/aromatic N) is 3. The first-order valence-corrected chi connectivity index (χ1v) is 10.4. The standard InChI is InChI=1S/C22H22N4O2S/c23-21(28)22(14-16-4-1-2-5-17(16)19-6-3-13-29-19)7-11-26(12-8-22)20(27)18-15-24-9-10-25-18/h1-6,9-10,13,15H,7-8,11-12,14H2,(H2,23,28). The van der Waals surface area contributed by atoms with E-state index in [1.165, 1.54) is 23.5 Å². The highest BCUT2D eigenvalue weighted by Crippen LogP contribution is 2.38. The molecule has 3 heterocycles. The number of benzene rings is 1. The molecule has 4 rings (SSSR count). The fraction of sp³-hybridized carbons (Fsp3) is 0.273. The Balaban J connectivity index is 1.54. The summed E-state index contributed by atoms with van der Waals surface area (Å²) in [6.07, 6.45) is 6.15. The Morgan fingerprint density at radius 1 is 1.10 bits per heavy atom. The minimum Gasteiger partial charge on any atom is -0.369 e. The van der Waals surface area contributed by atoms with Crippen LogP contribution < -0.4 is 5.73 Å². The predicted molar refractivity (Wildman–Crippen MR) is 112 cm³/mol. The third-order valence-electron chi connectivity index (χ3n) is 5.65. The van der Waals surface area contributed by atoms with Gasteiger partial charge in [0, 0.05) is 30.4 Å². The first-order chi connectivity index (χ1) is 14.1. The van der Waals surface area contributed by atoms with Crippen LogP contribution in [0.15, 0.2) is 60.4 Å². The summed E-state index contributed by atoms with van der Waals surface area (Å²) in [5.74, 6) is -0.458. The van der Waals surface area contributed by atoms with Gasteiger partial charge in [0.2, 0.25) is 5.91 Å². The molecule has 0 spiro atoms. The van der Waals surface area contributed by atoms with Gasteiger partial charge < -0.3 is 10.6 Å². The Bertz CT molecular complexity index is 997. The fourth-order valence-corrected chi connectivity index (χ4v) is 4.72. The van der Waals surface area contributed by atoms with Crippen LogP contribution in [-0.2, 0) is 11.2 Å². The first-order valence-electron chi connectivity index (χ1n) is 9.56. The normalized spacial score (nSPS) is 15.8. The summed E-state index contributed by atoms with van der Waals surface area (Å²) in [4.78, 5) is 36.1. The van der Waals surface area contributed by atoms with Crippen molar-refractivity contribution in [2.45, 2.75) is 19.3 Å². The Morgan fingerprint density at radius 2 is 1.90 bits per heavy atom. The van der Waals surface area contributed by atoms with E-state index >= 15 is 0 Å². The monoisotopic (exact) mass is 406 g/mol. The average Bonchev–Trinajstić information content (AvgIpc) is 3.29. The zero-order valence-corrected chi connectivity index (χ0v) is 16.8. The number of hydrogen-bond acceptors (Lipinski definition) is 5. The van der Waals surface area contributed by atoms with Crippen LogP contribution >= 0.6 is 11.3 Å². The molecule has 148 valence electrons. The van der Waals surface area contributed by atoms with Gasteiger partial charge in [-0.1, -0.05) is 30.3 Å². The highest BCUT2D eigenvalue weighted by Gasteiger charge is 2.41. The van der Waals surface area contributed by atoms with Crippen molar-refractivity contribution in [1.82, 2.24) is 14.9 Å². The maximum atomic E-state index is 12.7. The highest BCUT2D eigenvalue weighted by atomic mass is 32.1. The number of likely N-dealkylation sites (tertiary alicyclic amines) is 1. The molecular formula is C22H22N4O2S. The van der Waals surface area contributed by atoms with Crippen LogP contribution in [0.25, 0.3) is 10.4 Å². The molecule has 29 heavy (non-hydrogen) atoms. The number of amides is 2. The van der Waals surface area contributed by atoms with Crippen LogP contribution in [0.5, 0.6) is 0 Å². The van der Waals surface area contributed by atoms with Gasteiger partial charge in [0.25, 0.3) is 5.91 Å². The molecule has 0 bridgehead atoms. The highest BCUT2D eigenvalue weighted by molar-refractivity contribution is 7.13. The topological polar surface area (TPSA) is 89.2 Å². The van der Waals surface area contributed by atoms with Gasteiger partial charge >= 0.3 is 0 Å². The van der Waals surface area contributed by atoms with Gasteiger partial charge in [-0.15, -0.1) is 11.3 Å². The summed E-state index contributed by atoms with van der Waals surface area (Å²) in [5.41, 5.74) is 7.80. The average molecular weight is 407 g/mol. The molecule has 7 heteroatoms. The van der Waals surface area contributed by atoms with Crippen LogP contribution in [0.1, 0.15) is 28.9 Å². The van der Waals surface area contributed by atoms with Crippen molar-refractivity contribution in [3.8, 4) is 10.4 Å². The minimum atomic E-state index is -0.660. The van der Waals surface area contributed by atoms with Crippen molar-refractivity contribution in [3.63, 3.8) is 0 Å². The second kappa shape index (κ2) is 8.13. The molecule has 1 fully saturated rings. The number of carbonyl (C=O) groups excluding carboxylic acids is 2. The van der Waals surface area contributed by atoms with Gasteiger partial charge in [0.05, 0.1) is 11.6 Å². The zero-order chi connectivity index (χ0) is 20.3. The number of hydrogen-bond donors (Lipinski definition) is 1. The molecule has 1 aromatic carbocycles. The lowest BCUT2D eigenvalue weighted by Gasteiger charge is -2.40.